The Morgan fingerprint density at radius 3 is 2.57 bits per heavy atom. The van der Waals surface area contributed by atoms with Gasteiger partial charge in [-0.05, 0) is 5.56 Å². The summed E-state index contributed by atoms with van der Waals surface area (Å²) in [6, 6.07) is 9.28. The molecule has 1 amide bonds. The maximum absolute atomic E-state index is 10.6. The van der Waals surface area contributed by atoms with Crippen LogP contribution in [0.1, 0.15) is 12.5 Å². The first-order valence-electron chi connectivity index (χ1n) is 4.17. The zero-order chi connectivity index (χ0) is 10.4. The predicted molar refractivity (Wildman–Crippen MR) is 49.8 cm³/mol. The molecule has 0 heterocycles. The van der Waals surface area contributed by atoms with E-state index in [0.717, 1.165) is 10.6 Å². The van der Waals surface area contributed by atoms with E-state index >= 15 is 0 Å². The lowest BCUT2D eigenvalue weighted by molar-refractivity contribution is -0.190. The van der Waals surface area contributed by atoms with Crippen molar-refractivity contribution in [2.45, 2.75) is 13.5 Å². The van der Waals surface area contributed by atoms with Gasteiger partial charge >= 0.3 is 5.97 Å². The SMILES string of the molecule is CC(=O)ON(C=O)Cc1ccccc1. The van der Waals surface area contributed by atoms with Crippen LogP contribution >= 0.6 is 0 Å². The van der Waals surface area contributed by atoms with Crippen LogP contribution in [-0.2, 0) is 21.0 Å². The largest absolute Gasteiger partial charge is 0.338 e. The highest BCUT2D eigenvalue weighted by atomic mass is 16.7. The molecule has 0 N–H and O–H groups in total. The molecule has 0 radical (unpaired) electrons. The second-order valence-corrected chi connectivity index (χ2v) is 2.75. The molecule has 4 heteroatoms. The van der Waals surface area contributed by atoms with Gasteiger partial charge in [0, 0.05) is 6.92 Å². The Bertz CT molecular complexity index is 310. The Kier molecular flexibility index (Phi) is 3.67. The molecule has 0 aliphatic rings. The van der Waals surface area contributed by atoms with E-state index in [1.54, 1.807) is 0 Å². The van der Waals surface area contributed by atoms with Gasteiger partial charge in [-0.2, -0.15) is 5.06 Å². The van der Waals surface area contributed by atoms with Crippen molar-refractivity contribution in [1.82, 2.24) is 5.06 Å². The summed E-state index contributed by atoms with van der Waals surface area (Å²) in [6.45, 7) is 1.52. The van der Waals surface area contributed by atoms with E-state index in [1.165, 1.54) is 6.92 Å². The van der Waals surface area contributed by atoms with Gasteiger partial charge in [-0.25, -0.2) is 0 Å². The quantitative estimate of drug-likeness (QED) is 0.531. The third-order valence-corrected chi connectivity index (χ3v) is 1.54. The molecule has 0 aromatic heterocycles. The third-order valence-electron chi connectivity index (χ3n) is 1.54. The first kappa shape index (κ1) is 10.2. The third kappa shape index (κ3) is 3.26. The van der Waals surface area contributed by atoms with Gasteiger partial charge in [0.15, 0.2) is 0 Å². The van der Waals surface area contributed by atoms with Crippen molar-refractivity contribution in [2.75, 3.05) is 0 Å². The van der Waals surface area contributed by atoms with Crippen molar-refractivity contribution in [3.63, 3.8) is 0 Å². The Morgan fingerprint density at radius 1 is 1.43 bits per heavy atom. The van der Waals surface area contributed by atoms with Crippen molar-refractivity contribution < 1.29 is 14.4 Å². The van der Waals surface area contributed by atoms with Crippen LogP contribution in [0, 0.1) is 0 Å². The van der Waals surface area contributed by atoms with Crippen LogP contribution < -0.4 is 0 Å². The minimum atomic E-state index is -0.506. The smallest absolute Gasteiger partial charge is 0.329 e. The second kappa shape index (κ2) is 5.01. The van der Waals surface area contributed by atoms with E-state index in [1.807, 2.05) is 30.3 Å². The maximum Gasteiger partial charge on any atom is 0.329 e. The number of hydroxylamine groups is 2. The van der Waals surface area contributed by atoms with E-state index in [4.69, 9.17) is 0 Å². The summed E-state index contributed by atoms with van der Waals surface area (Å²) in [7, 11) is 0. The summed E-state index contributed by atoms with van der Waals surface area (Å²) in [6.07, 6.45) is 0.481. The number of carbonyl (C=O) groups excluding carboxylic acids is 2. The van der Waals surface area contributed by atoms with Crippen LogP contribution in [0.25, 0.3) is 0 Å². The fourth-order valence-electron chi connectivity index (χ4n) is 1.02. The standard InChI is InChI=1S/C10H11NO3/c1-9(13)14-11(8-12)7-10-5-3-2-4-6-10/h2-6,8H,7H2,1H3. The number of carbonyl (C=O) groups is 2. The average molecular weight is 193 g/mol. The molecule has 74 valence electrons. The van der Waals surface area contributed by atoms with E-state index in [9.17, 15) is 9.59 Å². The summed E-state index contributed by atoms with van der Waals surface area (Å²) in [4.78, 5) is 25.7. The van der Waals surface area contributed by atoms with E-state index in [0.29, 0.717) is 6.41 Å². The highest BCUT2D eigenvalue weighted by molar-refractivity contribution is 5.67. The van der Waals surface area contributed by atoms with Gasteiger partial charge in [0.2, 0.25) is 6.41 Å². The Hall–Kier alpha value is -1.84. The lowest BCUT2D eigenvalue weighted by Gasteiger charge is -2.14. The average Bonchev–Trinajstić information content (AvgIpc) is 2.17. The highest BCUT2D eigenvalue weighted by Crippen LogP contribution is 2.02. The van der Waals surface area contributed by atoms with Gasteiger partial charge < -0.3 is 4.84 Å². The number of benzene rings is 1. The normalized spacial score (nSPS) is 9.21. The molecule has 0 aliphatic carbocycles. The molecule has 0 fully saturated rings. The maximum atomic E-state index is 10.6. The number of amides is 1. The van der Waals surface area contributed by atoms with Crippen LogP contribution in [-0.4, -0.2) is 17.4 Å². The number of hydrogen-bond donors (Lipinski definition) is 0. The van der Waals surface area contributed by atoms with Gasteiger partial charge in [0.25, 0.3) is 0 Å². The molecule has 0 atom stereocenters. The molecule has 14 heavy (non-hydrogen) atoms. The molecular weight excluding hydrogens is 182 g/mol. The molecule has 0 saturated carbocycles. The minimum Gasteiger partial charge on any atom is -0.338 e. The van der Waals surface area contributed by atoms with Gasteiger partial charge in [-0.15, -0.1) is 0 Å². The van der Waals surface area contributed by atoms with Crippen molar-refractivity contribution in [1.29, 1.82) is 0 Å². The highest BCUT2D eigenvalue weighted by Gasteiger charge is 2.05. The molecule has 1 aromatic carbocycles. The number of hydrogen-bond acceptors (Lipinski definition) is 3. The summed E-state index contributed by atoms with van der Waals surface area (Å²) in [5, 5.41) is 0.956. The summed E-state index contributed by atoms with van der Waals surface area (Å²) >= 11 is 0. The molecule has 0 saturated heterocycles. The van der Waals surface area contributed by atoms with Crippen molar-refractivity contribution in [3.8, 4) is 0 Å². The molecule has 0 spiro atoms. The van der Waals surface area contributed by atoms with Crippen LogP contribution in [0.15, 0.2) is 30.3 Å². The van der Waals surface area contributed by atoms with Gasteiger partial charge in [0.05, 0.1) is 6.54 Å². The van der Waals surface area contributed by atoms with Gasteiger partial charge in [-0.1, -0.05) is 30.3 Å². The molecule has 0 bridgehead atoms. The van der Waals surface area contributed by atoms with Crippen molar-refractivity contribution in [3.05, 3.63) is 35.9 Å². The van der Waals surface area contributed by atoms with Gasteiger partial charge in [0.1, 0.15) is 0 Å². The fraction of sp³-hybridized carbons (Fsp3) is 0.200. The fourth-order valence-corrected chi connectivity index (χ4v) is 1.02. The van der Waals surface area contributed by atoms with Crippen molar-refractivity contribution >= 4 is 12.4 Å². The Labute approximate surface area is 82.0 Å². The zero-order valence-electron chi connectivity index (χ0n) is 7.84. The molecule has 1 rings (SSSR count). The topological polar surface area (TPSA) is 46.6 Å². The lowest BCUT2D eigenvalue weighted by atomic mass is 10.2. The number of nitrogens with zero attached hydrogens (tertiary/aromatic N) is 1. The summed E-state index contributed by atoms with van der Waals surface area (Å²) < 4.78 is 0. The Morgan fingerprint density at radius 2 is 2.07 bits per heavy atom. The van der Waals surface area contributed by atoms with Crippen LogP contribution in [0.4, 0.5) is 0 Å². The molecular formula is C10H11NO3. The van der Waals surface area contributed by atoms with Crippen LogP contribution in [0.2, 0.25) is 0 Å². The lowest BCUT2D eigenvalue weighted by Crippen LogP contribution is -2.24. The van der Waals surface area contributed by atoms with Crippen LogP contribution in [0.5, 0.6) is 0 Å². The first-order chi connectivity index (χ1) is 6.72. The molecule has 1 aromatic rings. The predicted octanol–water partition coefficient (Wildman–Crippen LogP) is 1.12. The first-order valence-corrected chi connectivity index (χ1v) is 4.17. The summed E-state index contributed by atoms with van der Waals surface area (Å²) in [5.41, 5.74) is 0.904. The Balaban J connectivity index is 2.57. The van der Waals surface area contributed by atoms with Crippen molar-refractivity contribution in [2.24, 2.45) is 0 Å². The van der Waals surface area contributed by atoms with Crippen LogP contribution in [0.3, 0.4) is 0 Å². The molecule has 0 aliphatic heterocycles. The molecule has 0 unspecified atom stereocenters. The zero-order valence-corrected chi connectivity index (χ0v) is 7.84. The van der Waals surface area contributed by atoms with E-state index in [2.05, 4.69) is 4.84 Å². The van der Waals surface area contributed by atoms with Gasteiger partial charge in [-0.3, -0.25) is 9.59 Å². The van der Waals surface area contributed by atoms with E-state index in [-0.39, 0.29) is 6.54 Å². The second-order valence-electron chi connectivity index (χ2n) is 2.75. The number of rotatable bonds is 4. The monoisotopic (exact) mass is 193 g/mol. The minimum absolute atomic E-state index is 0.268. The molecule has 4 nitrogen and oxygen atoms in total. The summed E-state index contributed by atoms with van der Waals surface area (Å²) in [5.74, 6) is -0.506. The van der Waals surface area contributed by atoms with E-state index < -0.39 is 5.97 Å².